The van der Waals surface area contributed by atoms with Crippen LogP contribution < -0.4 is 4.90 Å². The molecule has 0 aliphatic carbocycles. The Bertz CT molecular complexity index is 933. The summed E-state index contributed by atoms with van der Waals surface area (Å²) in [5, 5.41) is -0.499. The third kappa shape index (κ3) is 6.59. The van der Waals surface area contributed by atoms with Crippen LogP contribution in [0.15, 0.2) is 40.5 Å². The highest BCUT2D eigenvalue weighted by molar-refractivity contribution is 8.00. The van der Waals surface area contributed by atoms with E-state index >= 15 is 0 Å². The van der Waals surface area contributed by atoms with Crippen molar-refractivity contribution in [2.24, 2.45) is 5.41 Å². The molecule has 1 unspecified atom stereocenters. The van der Waals surface area contributed by atoms with Gasteiger partial charge in [-0.2, -0.15) is 13.2 Å². The Morgan fingerprint density at radius 1 is 1.10 bits per heavy atom. The molecule has 0 N–H and O–H groups in total. The molecule has 3 nitrogen and oxygen atoms in total. The maximum atomic E-state index is 14.8. The number of carbonyl (C=O) groups excluding carboxylic acids is 2. The number of nitrogens with zero attached hydrogens (tertiary/aromatic N) is 1. The second kappa shape index (κ2) is 9.77. The highest BCUT2D eigenvalue weighted by Crippen LogP contribution is 2.42. The van der Waals surface area contributed by atoms with Crippen LogP contribution in [0, 0.1) is 11.2 Å². The Morgan fingerprint density at radius 2 is 1.61 bits per heavy atom. The lowest BCUT2D eigenvalue weighted by Crippen LogP contribution is -2.32. The molecule has 1 rings (SSSR count). The van der Waals surface area contributed by atoms with Crippen molar-refractivity contribution in [2.45, 2.75) is 64.8 Å². The molecule has 172 valence electrons. The maximum Gasteiger partial charge on any atom is 0.412 e. The van der Waals surface area contributed by atoms with E-state index in [9.17, 15) is 27.2 Å². The molecule has 31 heavy (non-hydrogen) atoms. The van der Waals surface area contributed by atoms with Gasteiger partial charge >= 0.3 is 6.18 Å². The molecule has 0 saturated heterocycles. The van der Waals surface area contributed by atoms with Gasteiger partial charge in [0.25, 0.3) is 5.91 Å². The molecule has 0 aliphatic heterocycles. The number of halogens is 5. The summed E-state index contributed by atoms with van der Waals surface area (Å²) >= 11 is 7.29. The smallest absolute Gasteiger partial charge is 0.299 e. The summed E-state index contributed by atoms with van der Waals surface area (Å²) in [6.45, 7) is 13.8. The topological polar surface area (TPSA) is 37.4 Å². The molecule has 1 aromatic rings. The fourth-order valence-electron chi connectivity index (χ4n) is 2.81. The molecule has 1 aromatic carbocycles. The summed E-state index contributed by atoms with van der Waals surface area (Å²) in [5.41, 5.74) is -2.39. The standard InChI is InChI=1S/C22H26ClF4NO2S/c1-11(2)28(20(30)12(3)13(4)22(25,26)27)17-10-18(15(23)9-16(17)24)31-19(14(5)29)21(6,7)8/h9-10,19H,1H2,2-8H3/b13-12+. The third-order valence-electron chi connectivity index (χ3n) is 4.54. The molecule has 0 spiro atoms. The quantitative estimate of drug-likeness (QED) is 0.243. The van der Waals surface area contributed by atoms with E-state index in [0.29, 0.717) is 4.90 Å². The lowest BCUT2D eigenvalue weighted by Gasteiger charge is -2.29. The molecule has 0 aliphatic rings. The normalized spacial score (nSPS) is 14.1. The number of rotatable bonds is 6. The molecular formula is C22H26ClF4NO2S. The second-order valence-corrected chi connectivity index (χ2v) is 9.89. The average molecular weight is 480 g/mol. The van der Waals surface area contributed by atoms with E-state index in [1.54, 1.807) is 0 Å². The summed E-state index contributed by atoms with van der Waals surface area (Å²) in [6, 6.07) is 2.23. The minimum absolute atomic E-state index is 0.0228. The van der Waals surface area contributed by atoms with E-state index in [-0.39, 0.29) is 22.2 Å². The lowest BCUT2D eigenvalue weighted by atomic mass is 9.90. The van der Waals surface area contributed by atoms with Gasteiger partial charge in [-0.3, -0.25) is 14.5 Å². The van der Waals surface area contributed by atoms with Gasteiger partial charge in [-0.15, -0.1) is 11.8 Å². The SMILES string of the molecule is C=C(C)N(C(=O)/C(C)=C(\C)C(F)(F)F)c1cc(SC(C(C)=O)C(C)(C)C)c(Cl)cc1F. The van der Waals surface area contributed by atoms with Gasteiger partial charge in [0.2, 0.25) is 0 Å². The zero-order chi connectivity index (χ0) is 24.5. The van der Waals surface area contributed by atoms with Gasteiger partial charge in [0.1, 0.15) is 11.6 Å². The molecule has 0 saturated carbocycles. The molecule has 0 aromatic heterocycles. The van der Waals surface area contributed by atoms with Crippen molar-refractivity contribution in [3.8, 4) is 0 Å². The highest BCUT2D eigenvalue weighted by Gasteiger charge is 2.35. The average Bonchev–Trinajstić information content (AvgIpc) is 2.58. The largest absolute Gasteiger partial charge is 0.412 e. The number of Topliss-reactive ketones (excluding diaryl/α,β-unsaturated/α-hetero) is 1. The van der Waals surface area contributed by atoms with Gasteiger partial charge in [-0.1, -0.05) is 39.0 Å². The predicted octanol–water partition coefficient (Wildman–Crippen LogP) is 7.34. The summed E-state index contributed by atoms with van der Waals surface area (Å²) in [6.07, 6.45) is -4.71. The van der Waals surface area contributed by atoms with Gasteiger partial charge < -0.3 is 0 Å². The molecule has 1 amide bonds. The number of hydrogen-bond acceptors (Lipinski definition) is 3. The number of allylic oxidation sites excluding steroid dienone is 2. The fourth-order valence-corrected chi connectivity index (χ4v) is 4.21. The molecule has 0 radical (unpaired) electrons. The number of thioether (sulfide) groups is 1. The van der Waals surface area contributed by atoms with Crippen LogP contribution in [0.25, 0.3) is 0 Å². The first-order chi connectivity index (χ1) is 13.9. The summed E-state index contributed by atoms with van der Waals surface area (Å²) < 4.78 is 54.0. The third-order valence-corrected chi connectivity index (χ3v) is 6.83. The van der Waals surface area contributed by atoms with Gasteiger partial charge in [0, 0.05) is 21.7 Å². The van der Waals surface area contributed by atoms with Crippen LogP contribution in [0.2, 0.25) is 5.02 Å². The maximum absolute atomic E-state index is 14.8. The molecule has 1 atom stereocenters. The van der Waals surface area contributed by atoms with E-state index in [2.05, 4.69) is 6.58 Å². The zero-order valence-corrected chi connectivity index (χ0v) is 20.1. The van der Waals surface area contributed by atoms with Crippen molar-refractivity contribution in [2.75, 3.05) is 4.90 Å². The summed E-state index contributed by atoms with van der Waals surface area (Å²) in [4.78, 5) is 26.1. The Hall–Kier alpha value is -1.80. The van der Waals surface area contributed by atoms with E-state index in [1.165, 1.54) is 19.9 Å². The Labute approximate surface area is 189 Å². The highest BCUT2D eigenvalue weighted by atomic mass is 35.5. The van der Waals surface area contributed by atoms with E-state index in [1.807, 2.05) is 20.8 Å². The number of benzene rings is 1. The number of ketones is 1. The van der Waals surface area contributed by atoms with Crippen molar-refractivity contribution in [3.63, 3.8) is 0 Å². The van der Waals surface area contributed by atoms with Crippen LogP contribution in [0.5, 0.6) is 0 Å². The minimum Gasteiger partial charge on any atom is -0.299 e. The molecule has 0 heterocycles. The van der Waals surface area contributed by atoms with Crippen LogP contribution >= 0.6 is 23.4 Å². The Morgan fingerprint density at radius 3 is 2.00 bits per heavy atom. The van der Waals surface area contributed by atoms with E-state index in [0.717, 1.165) is 36.6 Å². The Kier molecular flexibility index (Phi) is 8.59. The van der Waals surface area contributed by atoms with Crippen molar-refractivity contribution < 1.29 is 27.2 Å². The van der Waals surface area contributed by atoms with Gasteiger partial charge in [0.05, 0.1) is 16.0 Å². The number of alkyl halides is 3. The number of anilines is 1. The van der Waals surface area contributed by atoms with Crippen LogP contribution in [0.1, 0.15) is 48.5 Å². The summed E-state index contributed by atoms with van der Waals surface area (Å²) in [7, 11) is 0. The van der Waals surface area contributed by atoms with Crippen molar-refractivity contribution >= 4 is 40.7 Å². The van der Waals surface area contributed by atoms with E-state index in [4.69, 9.17) is 11.6 Å². The number of carbonyl (C=O) groups is 2. The number of amides is 1. The van der Waals surface area contributed by atoms with Gasteiger partial charge in [0.15, 0.2) is 0 Å². The van der Waals surface area contributed by atoms with E-state index < -0.39 is 39.7 Å². The van der Waals surface area contributed by atoms with Crippen molar-refractivity contribution in [1.29, 1.82) is 0 Å². The van der Waals surface area contributed by atoms with Gasteiger partial charge in [-0.25, -0.2) is 4.39 Å². The van der Waals surface area contributed by atoms with Crippen LogP contribution in [-0.2, 0) is 9.59 Å². The van der Waals surface area contributed by atoms with Crippen LogP contribution in [-0.4, -0.2) is 23.1 Å². The molecule has 0 fully saturated rings. The van der Waals surface area contributed by atoms with Crippen molar-refractivity contribution in [3.05, 3.63) is 46.4 Å². The van der Waals surface area contributed by atoms with Crippen molar-refractivity contribution in [1.82, 2.24) is 0 Å². The zero-order valence-electron chi connectivity index (χ0n) is 18.5. The van der Waals surface area contributed by atoms with Crippen LogP contribution in [0.3, 0.4) is 0 Å². The first kappa shape index (κ1) is 27.2. The second-order valence-electron chi connectivity index (χ2n) is 8.33. The Balaban J connectivity index is 3.61. The fraction of sp³-hybridized carbons (Fsp3) is 0.455. The molecular weight excluding hydrogens is 454 g/mol. The molecule has 9 heteroatoms. The number of hydrogen-bond donors (Lipinski definition) is 0. The van der Waals surface area contributed by atoms with Gasteiger partial charge in [-0.05, 0) is 45.2 Å². The molecule has 0 bridgehead atoms. The first-order valence-electron chi connectivity index (χ1n) is 9.30. The summed E-state index contributed by atoms with van der Waals surface area (Å²) in [5.74, 6) is -2.08. The monoisotopic (exact) mass is 479 g/mol. The minimum atomic E-state index is -4.71. The predicted molar refractivity (Wildman–Crippen MR) is 118 cm³/mol. The van der Waals surface area contributed by atoms with Crippen LogP contribution in [0.4, 0.5) is 23.2 Å². The lowest BCUT2D eigenvalue weighted by molar-refractivity contribution is -0.118. The first-order valence-corrected chi connectivity index (χ1v) is 10.6.